The molecule has 22 heavy (non-hydrogen) atoms. The van der Waals surface area contributed by atoms with Gasteiger partial charge in [-0.3, -0.25) is 0 Å². The Balaban J connectivity index is 1.68. The van der Waals surface area contributed by atoms with Crippen molar-refractivity contribution < 1.29 is 13.6 Å². The number of amides is 2. The Morgan fingerprint density at radius 1 is 1.50 bits per heavy atom. The lowest BCUT2D eigenvalue weighted by Gasteiger charge is -2.29. The molecule has 1 aliphatic heterocycles. The second-order valence-electron chi connectivity index (χ2n) is 5.17. The maximum atomic E-state index is 13.9. The van der Waals surface area contributed by atoms with Crippen molar-refractivity contribution in [1.82, 2.24) is 15.2 Å². The van der Waals surface area contributed by atoms with Crippen molar-refractivity contribution in [3.63, 3.8) is 0 Å². The van der Waals surface area contributed by atoms with E-state index >= 15 is 0 Å². The van der Waals surface area contributed by atoms with Gasteiger partial charge in [0.1, 0.15) is 17.3 Å². The van der Waals surface area contributed by atoms with Gasteiger partial charge in [0.15, 0.2) is 6.39 Å². The monoisotopic (exact) mass is 367 g/mol. The molecule has 116 valence electrons. The molecule has 5 nitrogen and oxygen atoms in total. The van der Waals surface area contributed by atoms with Gasteiger partial charge in [-0.25, -0.2) is 14.2 Å². The molecule has 0 saturated heterocycles. The predicted molar refractivity (Wildman–Crippen MR) is 81.7 cm³/mol. The van der Waals surface area contributed by atoms with E-state index in [0.717, 1.165) is 10.0 Å². The first-order chi connectivity index (χ1) is 10.6. The van der Waals surface area contributed by atoms with Crippen molar-refractivity contribution in [2.45, 2.75) is 26.4 Å². The number of fused-ring (bicyclic) bond motifs is 1. The lowest BCUT2D eigenvalue weighted by Crippen LogP contribution is -2.43. The molecule has 1 aliphatic rings. The first-order valence-corrected chi connectivity index (χ1v) is 7.73. The van der Waals surface area contributed by atoms with Gasteiger partial charge in [0.05, 0.1) is 13.1 Å². The number of aryl methyl sites for hydroxylation is 1. The third kappa shape index (κ3) is 2.85. The average molecular weight is 368 g/mol. The number of nitrogens with zero attached hydrogens (tertiary/aromatic N) is 2. The molecule has 0 aliphatic carbocycles. The van der Waals surface area contributed by atoms with Gasteiger partial charge in [-0.15, -0.1) is 0 Å². The standard InChI is InChI=1S/C15H15BrFN3O2/c1-9-14(19-8-22-9)6-18-15(21)20-5-4-10-11(7-20)13(17)3-2-12(10)16/h2-3,8H,4-7H2,1H3,(H,18,21). The highest BCUT2D eigenvalue weighted by atomic mass is 79.9. The van der Waals surface area contributed by atoms with Crippen molar-refractivity contribution in [1.29, 1.82) is 0 Å². The number of hydrogen-bond donors (Lipinski definition) is 1. The summed E-state index contributed by atoms with van der Waals surface area (Å²) in [5.74, 6) is 0.405. The molecule has 1 N–H and O–H groups in total. The van der Waals surface area contributed by atoms with Crippen LogP contribution >= 0.6 is 15.9 Å². The first kappa shape index (κ1) is 15.0. The molecule has 2 amide bonds. The summed E-state index contributed by atoms with van der Waals surface area (Å²) < 4.78 is 19.9. The van der Waals surface area contributed by atoms with Crippen LogP contribution in [-0.2, 0) is 19.5 Å². The average Bonchev–Trinajstić information content (AvgIpc) is 2.93. The number of nitrogens with one attached hydrogen (secondary N) is 1. The number of benzene rings is 1. The zero-order valence-corrected chi connectivity index (χ0v) is 13.6. The second kappa shape index (κ2) is 6.08. The summed E-state index contributed by atoms with van der Waals surface area (Å²) in [7, 11) is 0. The fraction of sp³-hybridized carbons (Fsp3) is 0.333. The number of rotatable bonds is 2. The molecular formula is C15H15BrFN3O2. The van der Waals surface area contributed by atoms with E-state index < -0.39 is 0 Å². The highest BCUT2D eigenvalue weighted by Gasteiger charge is 2.24. The van der Waals surface area contributed by atoms with Crippen molar-refractivity contribution >= 4 is 22.0 Å². The van der Waals surface area contributed by atoms with Crippen LogP contribution in [0.1, 0.15) is 22.6 Å². The van der Waals surface area contributed by atoms with Gasteiger partial charge in [0.2, 0.25) is 0 Å². The van der Waals surface area contributed by atoms with Crippen LogP contribution in [0.2, 0.25) is 0 Å². The summed E-state index contributed by atoms with van der Waals surface area (Å²) in [6, 6.07) is 2.90. The Labute approximate surface area is 135 Å². The minimum atomic E-state index is -0.275. The summed E-state index contributed by atoms with van der Waals surface area (Å²) in [5.41, 5.74) is 2.21. The molecule has 0 radical (unpaired) electrons. The molecule has 2 aromatic rings. The minimum Gasteiger partial charge on any atom is -0.448 e. The normalized spacial score (nSPS) is 13.9. The SMILES string of the molecule is Cc1ocnc1CNC(=O)N1CCc2c(Br)ccc(F)c2C1. The Hall–Kier alpha value is -1.89. The van der Waals surface area contributed by atoms with Crippen LogP contribution in [0.4, 0.5) is 9.18 Å². The van der Waals surface area contributed by atoms with Gasteiger partial charge in [-0.2, -0.15) is 0 Å². The molecule has 7 heteroatoms. The van der Waals surface area contributed by atoms with E-state index in [1.165, 1.54) is 12.5 Å². The van der Waals surface area contributed by atoms with Crippen LogP contribution in [0.15, 0.2) is 27.4 Å². The van der Waals surface area contributed by atoms with Gasteiger partial charge in [0.25, 0.3) is 0 Å². The molecule has 0 saturated carbocycles. The van der Waals surface area contributed by atoms with E-state index in [4.69, 9.17) is 4.42 Å². The van der Waals surface area contributed by atoms with Crippen LogP contribution in [0.25, 0.3) is 0 Å². The van der Waals surface area contributed by atoms with Gasteiger partial charge in [-0.05, 0) is 31.0 Å². The molecule has 0 fully saturated rings. The fourth-order valence-corrected chi connectivity index (χ4v) is 3.11. The van der Waals surface area contributed by atoms with Crippen LogP contribution in [0.3, 0.4) is 0 Å². The summed E-state index contributed by atoms with van der Waals surface area (Å²) in [6.45, 7) is 2.91. The first-order valence-electron chi connectivity index (χ1n) is 6.93. The predicted octanol–water partition coefficient (Wildman–Crippen LogP) is 3.15. The number of carbonyl (C=O) groups excluding carboxylic acids is 1. The summed E-state index contributed by atoms with van der Waals surface area (Å²) in [5, 5.41) is 2.79. The zero-order valence-electron chi connectivity index (χ0n) is 12.0. The maximum Gasteiger partial charge on any atom is 0.318 e. The lowest BCUT2D eigenvalue weighted by atomic mass is 9.99. The Kier molecular flexibility index (Phi) is 4.15. The summed E-state index contributed by atoms with van der Waals surface area (Å²) in [4.78, 5) is 17.9. The largest absolute Gasteiger partial charge is 0.448 e. The molecule has 1 aromatic heterocycles. The molecule has 0 unspecified atom stereocenters. The van der Waals surface area contributed by atoms with Crippen molar-refractivity contribution in [3.05, 3.63) is 51.4 Å². The molecule has 0 bridgehead atoms. The number of hydrogen-bond acceptors (Lipinski definition) is 3. The molecule has 0 spiro atoms. The van der Waals surface area contributed by atoms with Gasteiger partial charge in [-0.1, -0.05) is 15.9 Å². The Bertz CT molecular complexity index is 717. The zero-order chi connectivity index (χ0) is 15.7. The number of aromatic nitrogens is 1. The minimum absolute atomic E-state index is 0.229. The van der Waals surface area contributed by atoms with Crippen molar-refractivity contribution in [2.75, 3.05) is 6.54 Å². The molecule has 1 aromatic carbocycles. The highest BCUT2D eigenvalue weighted by molar-refractivity contribution is 9.10. The highest BCUT2D eigenvalue weighted by Crippen LogP contribution is 2.28. The molecule has 3 rings (SSSR count). The van der Waals surface area contributed by atoms with Gasteiger partial charge in [0, 0.05) is 16.6 Å². The van der Waals surface area contributed by atoms with Gasteiger partial charge < -0.3 is 14.6 Å². The molecule has 0 atom stereocenters. The van der Waals surface area contributed by atoms with Crippen LogP contribution in [0.5, 0.6) is 0 Å². The van der Waals surface area contributed by atoms with E-state index in [0.29, 0.717) is 36.5 Å². The van der Waals surface area contributed by atoms with E-state index in [9.17, 15) is 9.18 Å². The third-order valence-electron chi connectivity index (χ3n) is 3.84. The maximum absolute atomic E-state index is 13.9. The summed E-state index contributed by atoms with van der Waals surface area (Å²) >= 11 is 3.43. The van der Waals surface area contributed by atoms with Crippen LogP contribution in [0, 0.1) is 12.7 Å². The third-order valence-corrected chi connectivity index (χ3v) is 4.58. The smallest absolute Gasteiger partial charge is 0.318 e. The number of oxazole rings is 1. The van der Waals surface area contributed by atoms with Gasteiger partial charge >= 0.3 is 6.03 Å². The Morgan fingerprint density at radius 2 is 2.32 bits per heavy atom. The number of carbonyl (C=O) groups is 1. The van der Waals surface area contributed by atoms with Crippen molar-refractivity contribution in [2.24, 2.45) is 0 Å². The van der Waals surface area contributed by atoms with E-state index in [-0.39, 0.29) is 18.4 Å². The number of urea groups is 1. The van der Waals surface area contributed by atoms with E-state index in [1.807, 2.05) is 0 Å². The van der Waals surface area contributed by atoms with Crippen molar-refractivity contribution in [3.8, 4) is 0 Å². The second-order valence-corrected chi connectivity index (χ2v) is 6.03. The quantitative estimate of drug-likeness (QED) is 0.886. The molecule has 2 heterocycles. The van der Waals surface area contributed by atoms with Crippen LogP contribution < -0.4 is 5.32 Å². The number of halogens is 2. The fourth-order valence-electron chi connectivity index (χ4n) is 2.54. The van der Waals surface area contributed by atoms with E-state index in [1.54, 1.807) is 17.9 Å². The lowest BCUT2D eigenvalue weighted by molar-refractivity contribution is 0.190. The Morgan fingerprint density at radius 3 is 3.05 bits per heavy atom. The molecular weight excluding hydrogens is 353 g/mol. The van der Waals surface area contributed by atoms with Crippen LogP contribution in [-0.4, -0.2) is 22.5 Å². The summed E-state index contributed by atoms with van der Waals surface area (Å²) in [6.07, 6.45) is 1.98. The van der Waals surface area contributed by atoms with E-state index in [2.05, 4.69) is 26.2 Å². The topological polar surface area (TPSA) is 58.4 Å².